The lowest BCUT2D eigenvalue weighted by molar-refractivity contribution is 0.269. The van der Waals surface area contributed by atoms with Crippen molar-refractivity contribution in [2.24, 2.45) is 0 Å². The van der Waals surface area contributed by atoms with Crippen LogP contribution in [0.15, 0.2) is 60.7 Å². The lowest BCUT2D eigenvalue weighted by Gasteiger charge is -2.15. The van der Waals surface area contributed by atoms with Crippen LogP contribution in [0.2, 0.25) is 10.0 Å². The third kappa shape index (κ3) is 5.38. The molecule has 0 bridgehead atoms. The molecule has 0 atom stereocenters. The van der Waals surface area contributed by atoms with Crippen LogP contribution in [0.1, 0.15) is 29.2 Å². The molecule has 0 fully saturated rings. The van der Waals surface area contributed by atoms with Crippen LogP contribution in [0.3, 0.4) is 0 Å². The topological polar surface area (TPSA) is 66.0 Å². The maximum absolute atomic E-state index is 9.63. The second-order valence-corrected chi connectivity index (χ2v) is 7.28. The SMILES string of the molecule is CCOc1cc(C=C(C#N)c2ccccc2Cl)cc(Cl)c1OCc1ccccc1C#N. The zero-order chi connectivity index (χ0) is 22.2. The number of benzene rings is 3. The summed E-state index contributed by atoms with van der Waals surface area (Å²) in [6, 6.07) is 22.1. The van der Waals surface area contributed by atoms with E-state index in [0.29, 0.717) is 50.4 Å². The first-order valence-electron chi connectivity index (χ1n) is 9.51. The Morgan fingerprint density at radius 2 is 1.71 bits per heavy atom. The van der Waals surface area contributed by atoms with Gasteiger partial charge >= 0.3 is 0 Å². The first-order valence-corrected chi connectivity index (χ1v) is 10.3. The number of halogens is 2. The van der Waals surface area contributed by atoms with Crippen LogP contribution in [-0.2, 0) is 6.61 Å². The monoisotopic (exact) mass is 448 g/mol. The summed E-state index contributed by atoms with van der Waals surface area (Å²) in [5.41, 5.74) is 3.00. The molecule has 0 heterocycles. The molecule has 0 aliphatic heterocycles. The summed E-state index contributed by atoms with van der Waals surface area (Å²) >= 11 is 12.7. The highest BCUT2D eigenvalue weighted by Gasteiger charge is 2.14. The molecule has 0 aliphatic carbocycles. The van der Waals surface area contributed by atoms with Gasteiger partial charge in [-0.1, -0.05) is 59.6 Å². The summed E-state index contributed by atoms with van der Waals surface area (Å²) < 4.78 is 11.7. The molecule has 0 aliphatic rings. The third-order valence-corrected chi connectivity index (χ3v) is 5.05. The van der Waals surface area contributed by atoms with Gasteiger partial charge in [0, 0.05) is 16.1 Å². The van der Waals surface area contributed by atoms with E-state index in [1.807, 2.05) is 31.2 Å². The summed E-state index contributed by atoms with van der Waals surface area (Å²) in [5, 5.41) is 19.7. The molecule has 6 heteroatoms. The van der Waals surface area contributed by atoms with E-state index in [4.69, 9.17) is 32.7 Å². The van der Waals surface area contributed by atoms with E-state index in [2.05, 4.69) is 12.1 Å². The van der Waals surface area contributed by atoms with Crippen molar-refractivity contribution in [3.05, 3.63) is 93.0 Å². The lowest BCUT2D eigenvalue weighted by atomic mass is 10.0. The molecule has 0 spiro atoms. The van der Waals surface area contributed by atoms with E-state index in [0.717, 1.165) is 5.56 Å². The smallest absolute Gasteiger partial charge is 0.180 e. The highest BCUT2D eigenvalue weighted by atomic mass is 35.5. The average Bonchev–Trinajstić information content (AvgIpc) is 2.78. The molecule has 4 nitrogen and oxygen atoms in total. The first-order chi connectivity index (χ1) is 15.1. The normalized spacial score (nSPS) is 10.8. The minimum absolute atomic E-state index is 0.168. The minimum Gasteiger partial charge on any atom is -0.490 e. The number of nitrogens with zero attached hydrogens (tertiary/aromatic N) is 2. The van der Waals surface area contributed by atoms with E-state index in [9.17, 15) is 10.5 Å². The molecule has 154 valence electrons. The summed E-state index contributed by atoms with van der Waals surface area (Å²) in [7, 11) is 0. The molecule has 0 unspecified atom stereocenters. The van der Waals surface area contributed by atoms with Gasteiger partial charge in [0.1, 0.15) is 6.61 Å². The standard InChI is InChI=1S/C25H18Cl2N2O2/c1-2-30-24-13-17(11-20(15-29)21-9-5-6-10-22(21)26)12-23(27)25(24)31-16-19-8-4-3-7-18(19)14-28/h3-13H,2,16H2,1H3. The molecule has 0 radical (unpaired) electrons. The lowest BCUT2D eigenvalue weighted by Crippen LogP contribution is -2.02. The Hall–Kier alpha value is -3.44. The molecule has 31 heavy (non-hydrogen) atoms. The second kappa shape index (κ2) is 10.5. The average molecular weight is 449 g/mol. The van der Waals surface area contributed by atoms with Crippen LogP contribution in [0.5, 0.6) is 11.5 Å². The van der Waals surface area contributed by atoms with Crippen molar-refractivity contribution in [3.63, 3.8) is 0 Å². The fourth-order valence-corrected chi connectivity index (χ4v) is 3.51. The van der Waals surface area contributed by atoms with Crippen molar-refractivity contribution in [2.45, 2.75) is 13.5 Å². The predicted octanol–water partition coefficient (Wildman–Crippen LogP) is 6.91. The Labute approximate surface area is 191 Å². The van der Waals surface area contributed by atoms with E-state index in [-0.39, 0.29) is 6.61 Å². The number of allylic oxidation sites excluding steroid dienone is 1. The van der Waals surface area contributed by atoms with Gasteiger partial charge in [-0.25, -0.2) is 0 Å². The van der Waals surface area contributed by atoms with Crippen molar-refractivity contribution < 1.29 is 9.47 Å². The Bertz CT molecular complexity index is 1210. The van der Waals surface area contributed by atoms with Crippen LogP contribution in [0.25, 0.3) is 11.6 Å². The van der Waals surface area contributed by atoms with E-state index in [1.165, 1.54) is 0 Å². The van der Waals surface area contributed by atoms with Gasteiger partial charge in [-0.05, 0) is 42.8 Å². The molecule has 0 saturated heterocycles. The number of ether oxygens (including phenoxy) is 2. The van der Waals surface area contributed by atoms with Crippen molar-refractivity contribution in [1.82, 2.24) is 0 Å². The van der Waals surface area contributed by atoms with Crippen LogP contribution >= 0.6 is 23.2 Å². The van der Waals surface area contributed by atoms with Crippen LogP contribution < -0.4 is 9.47 Å². The maximum atomic E-state index is 9.63. The molecular weight excluding hydrogens is 431 g/mol. The summed E-state index contributed by atoms with van der Waals surface area (Å²) in [6.45, 7) is 2.43. The highest BCUT2D eigenvalue weighted by Crippen LogP contribution is 2.38. The molecule has 0 N–H and O–H groups in total. The molecule has 0 aromatic heterocycles. The van der Waals surface area contributed by atoms with Crippen molar-refractivity contribution in [1.29, 1.82) is 10.5 Å². The Balaban J connectivity index is 1.96. The van der Waals surface area contributed by atoms with E-state index >= 15 is 0 Å². The van der Waals surface area contributed by atoms with Gasteiger partial charge in [-0.3, -0.25) is 0 Å². The van der Waals surface area contributed by atoms with Gasteiger partial charge in [0.05, 0.1) is 34.9 Å². The van der Waals surface area contributed by atoms with Gasteiger partial charge in [0.25, 0.3) is 0 Å². The highest BCUT2D eigenvalue weighted by molar-refractivity contribution is 6.33. The summed E-state index contributed by atoms with van der Waals surface area (Å²) in [6.07, 6.45) is 1.70. The summed E-state index contributed by atoms with van der Waals surface area (Å²) in [4.78, 5) is 0. The first kappa shape index (κ1) is 22.2. The predicted molar refractivity (Wildman–Crippen MR) is 123 cm³/mol. The largest absolute Gasteiger partial charge is 0.490 e. The molecule has 3 aromatic rings. The van der Waals surface area contributed by atoms with Crippen LogP contribution in [0, 0.1) is 22.7 Å². The number of rotatable bonds is 7. The fraction of sp³-hybridized carbons (Fsp3) is 0.120. The van der Waals surface area contributed by atoms with Gasteiger partial charge < -0.3 is 9.47 Å². The van der Waals surface area contributed by atoms with Crippen LogP contribution in [-0.4, -0.2) is 6.61 Å². The summed E-state index contributed by atoms with van der Waals surface area (Å²) in [5.74, 6) is 0.830. The molecule has 3 aromatic carbocycles. The number of hydrogen-bond acceptors (Lipinski definition) is 4. The molecule has 0 amide bonds. The molecular formula is C25H18Cl2N2O2. The number of hydrogen-bond donors (Lipinski definition) is 0. The van der Waals surface area contributed by atoms with E-state index in [1.54, 1.807) is 42.5 Å². The third-order valence-electron chi connectivity index (χ3n) is 4.44. The second-order valence-electron chi connectivity index (χ2n) is 6.47. The van der Waals surface area contributed by atoms with Gasteiger partial charge in [0.15, 0.2) is 11.5 Å². The quantitative estimate of drug-likeness (QED) is 0.291. The van der Waals surface area contributed by atoms with Crippen molar-refractivity contribution in [2.75, 3.05) is 6.61 Å². The zero-order valence-electron chi connectivity index (χ0n) is 16.7. The Morgan fingerprint density at radius 3 is 2.42 bits per heavy atom. The van der Waals surface area contributed by atoms with Gasteiger partial charge in [0.2, 0.25) is 0 Å². The van der Waals surface area contributed by atoms with Crippen molar-refractivity contribution >= 4 is 34.9 Å². The van der Waals surface area contributed by atoms with Gasteiger partial charge in [-0.15, -0.1) is 0 Å². The number of nitriles is 2. The molecule has 0 saturated carbocycles. The van der Waals surface area contributed by atoms with Crippen molar-refractivity contribution in [3.8, 4) is 23.6 Å². The van der Waals surface area contributed by atoms with Crippen LogP contribution in [0.4, 0.5) is 0 Å². The Morgan fingerprint density at radius 1 is 0.968 bits per heavy atom. The zero-order valence-corrected chi connectivity index (χ0v) is 18.2. The molecule has 3 rings (SSSR count). The maximum Gasteiger partial charge on any atom is 0.180 e. The fourth-order valence-electron chi connectivity index (χ4n) is 3.00. The van der Waals surface area contributed by atoms with E-state index < -0.39 is 0 Å². The van der Waals surface area contributed by atoms with Gasteiger partial charge in [-0.2, -0.15) is 10.5 Å². The minimum atomic E-state index is 0.168. The Kier molecular flexibility index (Phi) is 7.57.